The summed E-state index contributed by atoms with van der Waals surface area (Å²) in [5.41, 5.74) is 4.95. The number of ether oxygens (including phenoxy) is 1. The average molecular weight is 915 g/mol. The molecule has 1 atom stereocenters. The van der Waals surface area contributed by atoms with Gasteiger partial charge in [-0.15, -0.1) is 0 Å². The first kappa shape index (κ1) is 40.5. The molecule has 0 amide bonds. The molecule has 280 valence electrons. The molecule has 7 aromatic rings. The first-order valence-corrected chi connectivity index (χ1v) is 27.1. The van der Waals surface area contributed by atoms with E-state index in [-0.39, 0.29) is 0 Å². The van der Waals surface area contributed by atoms with Crippen molar-refractivity contribution >= 4 is 126 Å². The molecule has 56 heavy (non-hydrogen) atoms. The third kappa shape index (κ3) is 8.04. The molecule has 0 spiro atoms. The van der Waals surface area contributed by atoms with Gasteiger partial charge in [-0.1, -0.05) is 115 Å². The number of benzene rings is 7. The third-order valence-corrected chi connectivity index (χ3v) is 16.5. The summed E-state index contributed by atoms with van der Waals surface area (Å²) in [5, 5.41) is 8.63. The van der Waals surface area contributed by atoms with Crippen LogP contribution in [0.1, 0.15) is 5.56 Å². The molecule has 0 saturated carbocycles. The second-order valence-corrected chi connectivity index (χ2v) is 25.5. The zero-order chi connectivity index (χ0) is 39.3. The fourth-order valence-electron chi connectivity index (χ4n) is 7.13. The highest BCUT2D eigenvalue weighted by molar-refractivity contribution is 9.10. The minimum Gasteiger partial charge on any atom is -0.497 e. The second-order valence-electron chi connectivity index (χ2n) is 12.8. The molecule has 2 aliphatic rings. The van der Waals surface area contributed by atoms with Crippen molar-refractivity contribution in [3.63, 3.8) is 0 Å². The standard InChI is InChI=1S/C26H21BrNO2P.C18H14NOP.Al.3ClH/c1-30-20-16-14-19(15-17-20)18-28-23-11-5-6-12-24(23)31(29,21-8-3-2-4-9-21)25-13-7-10-22(27)26(25)28;20-21(14-8-2-1-3-9-14)17-12-6-4-10-15(17)19-16-11-5-7-13-18(16)21;;;;/h2-17H,18H2,1H3;1-13,19H;;3*1H/q;;+3;;;/p-3. The van der Waals surface area contributed by atoms with Crippen molar-refractivity contribution in [3.05, 3.63) is 186 Å². The van der Waals surface area contributed by atoms with Gasteiger partial charge in [0.2, 0.25) is 0 Å². The van der Waals surface area contributed by atoms with Crippen molar-refractivity contribution < 1.29 is 13.9 Å². The van der Waals surface area contributed by atoms with Crippen LogP contribution in [0.25, 0.3) is 0 Å². The van der Waals surface area contributed by atoms with Gasteiger partial charge in [0.25, 0.3) is 0 Å². The van der Waals surface area contributed by atoms with E-state index in [9.17, 15) is 9.13 Å². The first-order chi connectivity index (χ1) is 27.2. The van der Waals surface area contributed by atoms with E-state index in [4.69, 9.17) is 34.9 Å². The predicted molar refractivity (Wildman–Crippen MR) is 245 cm³/mol. The molecule has 0 bridgehead atoms. The first-order valence-electron chi connectivity index (χ1n) is 17.6. The quantitative estimate of drug-likeness (QED) is 0.138. The lowest BCUT2D eigenvalue weighted by atomic mass is 10.1. The lowest BCUT2D eigenvalue weighted by Crippen LogP contribution is -2.38. The van der Waals surface area contributed by atoms with Crippen LogP contribution in [0.15, 0.2) is 180 Å². The van der Waals surface area contributed by atoms with Gasteiger partial charge in [-0.05, 0) is 82.2 Å². The van der Waals surface area contributed by atoms with Crippen LogP contribution in [0.2, 0.25) is 0 Å². The number of nitrogens with zero attached hydrogens (tertiary/aromatic N) is 1. The number of halogens is 4. The van der Waals surface area contributed by atoms with Crippen LogP contribution < -0.4 is 46.8 Å². The molecule has 9 rings (SSSR count). The third-order valence-electron chi connectivity index (χ3n) is 9.58. The summed E-state index contributed by atoms with van der Waals surface area (Å²) in [4.78, 5) is 2.26. The van der Waals surface area contributed by atoms with E-state index in [1.807, 2.05) is 158 Å². The minimum atomic E-state index is -3.02. The van der Waals surface area contributed by atoms with Crippen LogP contribution in [-0.2, 0) is 15.7 Å². The fraction of sp³-hybridized carbons (Fsp3) is 0.0455. The molecular formula is C44H35AlBrCl3N2O3P2. The Morgan fingerprint density at radius 3 is 1.55 bits per heavy atom. The van der Waals surface area contributed by atoms with Gasteiger partial charge in [-0.25, -0.2) is 30.1 Å². The van der Waals surface area contributed by atoms with E-state index >= 15 is 0 Å². The Bertz CT molecular complexity index is 2510. The maximum Gasteiger partial charge on any atom is 0.643 e. The van der Waals surface area contributed by atoms with E-state index in [1.165, 1.54) is 0 Å². The van der Waals surface area contributed by atoms with Crippen LogP contribution in [0.5, 0.6) is 5.75 Å². The van der Waals surface area contributed by atoms with Gasteiger partial charge in [0.15, 0.2) is 14.3 Å². The maximum absolute atomic E-state index is 14.8. The highest BCUT2D eigenvalue weighted by Crippen LogP contribution is 2.54. The van der Waals surface area contributed by atoms with Gasteiger partial charge in [-0.2, -0.15) is 0 Å². The summed E-state index contributed by atoms with van der Waals surface area (Å²) >= 11 is 2.03. The summed E-state index contributed by atoms with van der Waals surface area (Å²) in [6, 6.07) is 57.5. The lowest BCUT2D eigenvalue weighted by Gasteiger charge is -2.38. The highest BCUT2D eigenvalue weighted by Gasteiger charge is 2.41. The number of nitrogens with one attached hydrogen (secondary N) is 1. The van der Waals surface area contributed by atoms with Gasteiger partial charge < -0.3 is 24.1 Å². The molecule has 1 unspecified atom stereocenters. The van der Waals surface area contributed by atoms with E-state index in [0.29, 0.717) is 6.54 Å². The van der Waals surface area contributed by atoms with Crippen molar-refractivity contribution in [1.29, 1.82) is 0 Å². The predicted octanol–water partition coefficient (Wildman–Crippen LogP) is 10.8. The molecule has 1 N–H and O–H groups in total. The number of hydrogen-bond donors (Lipinski definition) is 1. The fourth-order valence-corrected chi connectivity index (χ4v) is 13.9. The number of rotatable bonds is 5. The molecule has 0 fully saturated rings. The van der Waals surface area contributed by atoms with Crippen molar-refractivity contribution in [3.8, 4) is 5.75 Å². The molecule has 2 aliphatic heterocycles. The Kier molecular flexibility index (Phi) is 12.9. The largest absolute Gasteiger partial charge is 0.643 e. The van der Waals surface area contributed by atoms with E-state index < -0.39 is 25.7 Å². The summed E-state index contributed by atoms with van der Waals surface area (Å²) < 4.78 is 35.1. The van der Waals surface area contributed by atoms with Gasteiger partial charge in [0.1, 0.15) is 5.75 Å². The molecule has 0 aromatic heterocycles. The number of methoxy groups -OCH3 is 1. The lowest BCUT2D eigenvalue weighted by molar-refractivity contribution is 0.414. The van der Waals surface area contributed by atoms with Gasteiger partial charge in [0.05, 0.1) is 18.5 Å². The van der Waals surface area contributed by atoms with Crippen molar-refractivity contribution in [2.45, 2.75) is 6.54 Å². The Balaban J connectivity index is 0.000000166. The molecular weight excluding hydrogens is 880 g/mol. The maximum atomic E-state index is 14.8. The van der Waals surface area contributed by atoms with Crippen molar-refractivity contribution in [1.82, 2.24) is 0 Å². The minimum absolute atomic E-state index is 0.658. The monoisotopic (exact) mass is 912 g/mol. The number of para-hydroxylation sites is 4. The van der Waals surface area contributed by atoms with E-state index in [2.05, 4.69) is 44.3 Å². The molecule has 12 heteroatoms. The Hall–Kier alpha value is -3.72. The van der Waals surface area contributed by atoms with E-state index in [1.54, 1.807) is 7.11 Å². The van der Waals surface area contributed by atoms with Gasteiger partial charge in [-0.3, -0.25) is 0 Å². The van der Waals surface area contributed by atoms with Gasteiger partial charge >= 0.3 is 11.4 Å². The smallest absolute Gasteiger partial charge is 0.497 e. The van der Waals surface area contributed by atoms with Crippen LogP contribution >= 0.6 is 60.4 Å². The van der Waals surface area contributed by atoms with Crippen LogP contribution in [0, 0.1) is 0 Å². The van der Waals surface area contributed by atoms with Crippen molar-refractivity contribution in [2.24, 2.45) is 0 Å². The molecule has 7 aromatic carbocycles. The summed E-state index contributed by atoms with van der Waals surface area (Å²) in [6.07, 6.45) is 0. The Morgan fingerprint density at radius 1 is 0.571 bits per heavy atom. The van der Waals surface area contributed by atoms with Crippen LogP contribution in [-0.4, -0.2) is 18.5 Å². The van der Waals surface area contributed by atoms with Crippen LogP contribution in [0.4, 0.5) is 22.7 Å². The second kappa shape index (κ2) is 17.8. The number of fused-ring (bicyclic) bond motifs is 4. The summed E-state index contributed by atoms with van der Waals surface area (Å²) in [5.74, 6) is 0.831. The normalized spacial score (nSPS) is 15.4. The SMILES string of the molecule is COc1ccc(CN2c3ccccc3P(=O)(c3ccccc3)c3cccc(Br)c32)cc1.O=P1(c2ccccc2)c2ccccc2Nc2ccccc21.[Cl][Al]([Cl])[Cl]. The Morgan fingerprint density at radius 2 is 1.02 bits per heavy atom. The molecule has 0 saturated heterocycles. The van der Waals surface area contributed by atoms with E-state index in [0.717, 1.165) is 70.4 Å². The molecule has 5 nitrogen and oxygen atoms in total. The Labute approximate surface area is 353 Å². The number of hydrogen-bond acceptors (Lipinski definition) is 5. The summed E-state index contributed by atoms with van der Waals surface area (Å²) in [7, 11) is 10.7. The molecule has 0 radical (unpaired) electrons. The topological polar surface area (TPSA) is 58.6 Å². The van der Waals surface area contributed by atoms with Gasteiger partial charge in [0, 0.05) is 54.2 Å². The molecule has 2 heterocycles. The highest BCUT2D eigenvalue weighted by atomic mass is 79.9. The molecule has 0 aliphatic carbocycles. The average Bonchev–Trinajstić information content (AvgIpc) is 3.23. The zero-order valence-corrected chi connectivity index (χ0v) is 36.9. The van der Waals surface area contributed by atoms with Crippen LogP contribution in [0.3, 0.4) is 0 Å². The summed E-state index contributed by atoms with van der Waals surface area (Å²) in [6.45, 7) is 0.658. The zero-order valence-electron chi connectivity index (χ0n) is 30.1. The van der Waals surface area contributed by atoms with Crippen molar-refractivity contribution in [2.75, 3.05) is 17.3 Å². The number of anilines is 4.